The molecule has 0 fully saturated rings. The van der Waals surface area contributed by atoms with Gasteiger partial charge in [0.25, 0.3) is 0 Å². The predicted molar refractivity (Wildman–Crippen MR) is 65.8 cm³/mol. The van der Waals surface area contributed by atoms with Gasteiger partial charge in [-0.3, -0.25) is 4.79 Å². The zero-order valence-electron chi connectivity index (χ0n) is 9.63. The third-order valence-corrected chi connectivity index (χ3v) is 2.06. The van der Waals surface area contributed by atoms with Crippen molar-refractivity contribution in [2.75, 3.05) is 12.3 Å². The number of anilines is 1. The summed E-state index contributed by atoms with van der Waals surface area (Å²) in [6.07, 6.45) is 0.632. The lowest BCUT2D eigenvalue weighted by atomic mass is 10.1. The van der Waals surface area contributed by atoms with E-state index in [0.717, 1.165) is 11.1 Å². The molecule has 1 aromatic carbocycles. The van der Waals surface area contributed by atoms with E-state index in [4.69, 9.17) is 5.73 Å². The van der Waals surface area contributed by atoms with Crippen LogP contribution in [-0.2, 0) is 4.79 Å². The Labute approximate surface area is 96.0 Å². The number of amides is 1. The van der Waals surface area contributed by atoms with Crippen LogP contribution in [0.5, 0.6) is 0 Å². The molecule has 1 rings (SSSR count). The van der Waals surface area contributed by atoms with E-state index in [0.29, 0.717) is 18.7 Å². The molecular weight excluding hydrogens is 200 g/mol. The van der Waals surface area contributed by atoms with Crippen LogP contribution in [0.2, 0.25) is 0 Å². The molecule has 3 N–H and O–H groups in total. The zero-order chi connectivity index (χ0) is 12.0. The van der Waals surface area contributed by atoms with Crippen molar-refractivity contribution < 1.29 is 4.79 Å². The van der Waals surface area contributed by atoms with E-state index in [9.17, 15) is 4.79 Å². The number of aryl methyl sites for hydroxylation is 1. The molecule has 16 heavy (non-hydrogen) atoms. The molecule has 0 spiro atoms. The first-order chi connectivity index (χ1) is 7.59. The van der Waals surface area contributed by atoms with Gasteiger partial charge in [-0.1, -0.05) is 17.9 Å². The van der Waals surface area contributed by atoms with Gasteiger partial charge in [-0.25, -0.2) is 0 Å². The van der Waals surface area contributed by atoms with E-state index in [1.165, 1.54) is 6.92 Å². The van der Waals surface area contributed by atoms with Crippen molar-refractivity contribution in [3.05, 3.63) is 29.3 Å². The van der Waals surface area contributed by atoms with Crippen LogP contribution in [0, 0.1) is 18.8 Å². The third-order valence-electron chi connectivity index (χ3n) is 2.06. The summed E-state index contributed by atoms with van der Waals surface area (Å²) in [6.45, 7) is 4.07. The Morgan fingerprint density at radius 2 is 2.25 bits per heavy atom. The fraction of sp³-hybridized carbons (Fsp3) is 0.308. The maximum atomic E-state index is 10.6. The molecule has 84 valence electrons. The number of hydrogen-bond acceptors (Lipinski definition) is 2. The van der Waals surface area contributed by atoms with Crippen LogP contribution in [0.3, 0.4) is 0 Å². The van der Waals surface area contributed by atoms with Crippen molar-refractivity contribution in [1.82, 2.24) is 5.32 Å². The highest BCUT2D eigenvalue weighted by molar-refractivity contribution is 5.72. The van der Waals surface area contributed by atoms with Crippen LogP contribution >= 0.6 is 0 Å². The van der Waals surface area contributed by atoms with Crippen LogP contribution in [-0.4, -0.2) is 12.5 Å². The Morgan fingerprint density at radius 1 is 1.50 bits per heavy atom. The van der Waals surface area contributed by atoms with Crippen LogP contribution in [0.25, 0.3) is 0 Å². The monoisotopic (exact) mass is 216 g/mol. The second kappa shape index (κ2) is 5.82. The number of nitrogen functional groups attached to an aromatic ring is 1. The average Bonchev–Trinajstić information content (AvgIpc) is 2.22. The number of carbonyl (C=O) groups excluding carboxylic acids is 1. The highest BCUT2D eigenvalue weighted by Crippen LogP contribution is 2.11. The summed E-state index contributed by atoms with van der Waals surface area (Å²) in [6, 6.07) is 5.77. The minimum atomic E-state index is -0.0307. The molecule has 0 atom stereocenters. The SMILES string of the molecule is CC(=O)NCCC#Cc1cc(C)ccc1N. The van der Waals surface area contributed by atoms with E-state index in [-0.39, 0.29) is 5.91 Å². The molecule has 0 unspecified atom stereocenters. The summed E-state index contributed by atoms with van der Waals surface area (Å²) in [5, 5.41) is 2.69. The Morgan fingerprint density at radius 3 is 2.94 bits per heavy atom. The Bertz CT molecular complexity index is 441. The molecular formula is C13H16N2O. The molecule has 0 bridgehead atoms. The molecule has 0 aliphatic carbocycles. The van der Waals surface area contributed by atoms with Crippen LogP contribution in [0.1, 0.15) is 24.5 Å². The maximum absolute atomic E-state index is 10.6. The zero-order valence-corrected chi connectivity index (χ0v) is 9.63. The first-order valence-electron chi connectivity index (χ1n) is 5.19. The number of nitrogens with two attached hydrogens (primary N) is 1. The van der Waals surface area contributed by atoms with Gasteiger partial charge in [0.2, 0.25) is 5.91 Å². The molecule has 0 saturated heterocycles. The standard InChI is InChI=1S/C13H16N2O/c1-10-6-7-13(14)12(9-10)5-3-4-8-15-11(2)16/h6-7,9H,4,8,14H2,1-2H3,(H,15,16). The minimum Gasteiger partial charge on any atom is -0.398 e. The Balaban J connectivity index is 2.56. The fourth-order valence-corrected chi connectivity index (χ4v) is 1.24. The van der Waals surface area contributed by atoms with E-state index in [2.05, 4.69) is 17.2 Å². The molecule has 1 amide bonds. The largest absolute Gasteiger partial charge is 0.398 e. The second-order valence-corrected chi connectivity index (χ2v) is 3.63. The van der Waals surface area contributed by atoms with Crippen molar-refractivity contribution in [3.63, 3.8) is 0 Å². The molecule has 3 nitrogen and oxygen atoms in total. The number of carbonyl (C=O) groups is 1. The molecule has 0 aromatic heterocycles. The normalized spacial score (nSPS) is 9.12. The number of rotatable bonds is 2. The summed E-state index contributed by atoms with van der Waals surface area (Å²) in [7, 11) is 0. The number of benzene rings is 1. The average molecular weight is 216 g/mol. The predicted octanol–water partition coefficient (Wildman–Crippen LogP) is 1.45. The lowest BCUT2D eigenvalue weighted by molar-refractivity contribution is -0.118. The molecule has 1 aromatic rings. The molecule has 0 radical (unpaired) electrons. The lowest BCUT2D eigenvalue weighted by Crippen LogP contribution is -2.20. The molecule has 3 heteroatoms. The van der Waals surface area contributed by atoms with Crippen molar-refractivity contribution in [2.45, 2.75) is 20.3 Å². The highest BCUT2D eigenvalue weighted by atomic mass is 16.1. The van der Waals surface area contributed by atoms with Gasteiger partial charge in [-0.2, -0.15) is 0 Å². The van der Waals surface area contributed by atoms with Gasteiger partial charge < -0.3 is 11.1 Å². The summed E-state index contributed by atoms with van der Waals surface area (Å²) in [5.41, 5.74) is 8.46. The van der Waals surface area contributed by atoms with Crippen molar-refractivity contribution >= 4 is 11.6 Å². The van der Waals surface area contributed by atoms with Gasteiger partial charge in [0.1, 0.15) is 0 Å². The first-order valence-corrected chi connectivity index (χ1v) is 5.19. The Kier molecular flexibility index (Phi) is 4.41. The molecule has 0 aliphatic rings. The summed E-state index contributed by atoms with van der Waals surface area (Å²) in [4.78, 5) is 10.6. The lowest BCUT2D eigenvalue weighted by Gasteiger charge is -1.99. The summed E-state index contributed by atoms with van der Waals surface area (Å²) < 4.78 is 0. The highest BCUT2D eigenvalue weighted by Gasteiger charge is 1.94. The van der Waals surface area contributed by atoms with Crippen LogP contribution in [0.15, 0.2) is 18.2 Å². The topological polar surface area (TPSA) is 55.1 Å². The van der Waals surface area contributed by atoms with Crippen LogP contribution in [0.4, 0.5) is 5.69 Å². The van der Waals surface area contributed by atoms with Gasteiger partial charge in [-0.15, -0.1) is 0 Å². The van der Waals surface area contributed by atoms with Gasteiger partial charge in [0.05, 0.1) is 0 Å². The van der Waals surface area contributed by atoms with E-state index < -0.39 is 0 Å². The number of nitrogens with one attached hydrogen (secondary N) is 1. The molecule has 0 aliphatic heterocycles. The minimum absolute atomic E-state index is 0.0307. The molecule has 0 saturated carbocycles. The van der Waals surface area contributed by atoms with E-state index in [1.54, 1.807) is 0 Å². The third kappa shape index (κ3) is 4.05. The van der Waals surface area contributed by atoms with Gasteiger partial charge >= 0.3 is 0 Å². The quantitative estimate of drug-likeness (QED) is 0.446. The maximum Gasteiger partial charge on any atom is 0.216 e. The second-order valence-electron chi connectivity index (χ2n) is 3.63. The van der Waals surface area contributed by atoms with Crippen molar-refractivity contribution in [1.29, 1.82) is 0 Å². The summed E-state index contributed by atoms with van der Waals surface area (Å²) in [5.74, 6) is 5.95. The first kappa shape index (κ1) is 12.1. The van der Waals surface area contributed by atoms with E-state index in [1.807, 2.05) is 25.1 Å². The summed E-state index contributed by atoms with van der Waals surface area (Å²) >= 11 is 0. The van der Waals surface area contributed by atoms with E-state index >= 15 is 0 Å². The Hall–Kier alpha value is -1.95. The van der Waals surface area contributed by atoms with Gasteiger partial charge in [0.15, 0.2) is 0 Å². The van der Waals surface area contributed by atoms with Crippen molar-refractivity contribution in [2.24, 2.45) is 0 Å². The molecule has 0 heterocycles. The smallest absolute Gasteiger partial charge is 0.216 e. The van der Waals surface area contributed by atoms with Crippen molar-refractivity contribution in [3.8, 4) is 11.8 Å². The van der Waals surface area contributed by atoms with Gasteiger partial charge in [-0.05, 0) is 24.6 Å². The van der Waals surface area contributed by atoms with Crippen LogP contribution < -0.4 is 11.1 Å². The fourth-order valence-electron chi connectivity index (χ4n) is 1.24. The van der Waals surface area contributed by atoms with Gasteiger partial charge in [0, 0.05) is 31.1 Å². The number of hydrogen-bond donors (Lipinski definition) is 2.